The summed E-state index contributed by atoms with van der Waals surface area (Å²) in [5.74, 6) is 0.0533. The summed E-state index contributed by atoms with van der Waals surface area (Å²) in [6.45, 7) is 0. The third-order valence-corrected chi connectivity index (χ3v) is 4.25. The Labute approximate surface area is 142 Å². The minimum Gasteiger partial charge on any atom is -0.423 e. The van der Waals surface area contributed by atoms with Crippen molar-refractivity contribution in [3.63, 3.8) is 0 Å². The van der Waals surface area contributed by atoms with E-state index in [4.69, 9.17) is 20.2 Å². The van der Waals surface area contributed by atoms with Gasteiger partial charge in [-0.15, -0.1) is 0 Å². The molecule has 2 aromatic carbocycles. The largest absolute Gasteiger partial charge is 0.423 e. The van der Waals surface area contributed by atoms with E-state index in [0.717, 1.165) is 5.41 Å². The highest BCUT2D eigenvalue weighted by Crippen LogP contribution is 2.21. The normalized spacial score (nSPS) is 11.9. The second-order valence-corrected chi connectivity index (χ2v) is 6.75. The van der Waals surface area contributed by atoms with E-state index >= 15 is 0 Å². The van der Waals surface area contributed by atoms with Crippen LogP contribution < -0.4 is 9.81 Å². The lowest BCUT2D eigenvalue weighted by molar-refractivity contribution is 0.495. The van der Waals surface area contributed by atoms with Crippen LogP contribution >= 0.6 is 11.6 Å². The maximum atomic E-state index is 12.0. The SMILES string of the molecule is O=c1ccc2ccc(OS(=O)(=O)/C=C/c3ccc(Cl)cc3)cc2o1. The van der Waals surface area contributed by atoms with E-state index in [-0.39, 0.29) is 11.3 Å². The molecule has 1 aromatic heterocycles. The number of hydrogen-bond donors (Lipinski definition) is 0. The molecule has 0 saturated carbocycles. The molecular weight excluding hydrogens is 352 g/mol. The summed E-state index contributed by atoms with van der Waals surface area (Å²) in [5.41, 5.74) is 0.387. The van der Waals surface area contributed by atoms with E-state index in [1.54, 1.807) is 36.4 Å². The average molecular weight is 363 g/mol. The van der Waals surface area contributed by atoms with Crippen LogP contribution in [0.3, 0.4) is 0 Å². The Morgan fingerprint density at radius 2 is 1.71 bits per heavy atom. The summed E-state index contributed by atoms with van der Waals surface area (Å²) < 4.78 is 34.0. The Balaban J connectivity index is 1.83. The molecule has 0 bridgehead atoms. The molecule has 0 saturated heterocycles. The van der Waals surface area contributed by atoms with Crippen LogP contribution in [0.2, 0.25) is 5.02 Å². The van der Waals surface area contributed by atoms with Crippen molar-refractivity contribution in [1.29, 1.82) is 0 Å². The van der Waals surface area contributed by atoms with Crippen molar-refractivity contribution in [1.82, 2.24) is 0 Å². The van der Waals surface area contributed by atoms with E-state index < -0.39 is 15.7 Å². The molecule has 7 heteroatoms. The molecule has 0 aliphatic rings. The second-order valence-electron chi connectivity index (χ2n) is 4.88. The van der Waals surface area contributed by atoms with Gasteiger partial charge in [-0.3, -0.25) is 0 Å². The zero-order valence-corrected chi connectivity index (χ0v) is 13.8. The van der Waals surface area contributed by atoms with Crippen molar-refractivity contribution < 1.29 is 17.0 Å². The highest BCUT2D eigenvalue weighted by molar-refractivity contribution is 7.90. The Morgan fingerprint density at radius 1 is 1.00 bits per heavy atom. The van der Waals surface area contributed by atoms with Crippen LogP contribution in [-0.4, -0.2) is 8.42 Å². The molecule has 0 radical (unpaired) electrons. The summed E-state index contributed by atoms with van der Waals surface area (Å²) >= 11 is 5.77. The molecule has 0 unspecified atom stereocenters. The molecule has 0 spiro atoms. The maximum absolute atomic E-state index is 12.0. The molecule has 5 nitrogen and oxygen atoms in total. The van der Waals surface area contributed by atoms with E-state index in [1.165, 1.54) is 24.3 Å². The van der Waals surface area contributed by atoms with Crippen LogP contribution in [-0.2, 0) is 10.1 Å². The number of halogens is 1. The van der Waals surface area contributed by atoms with Crippen LogP contribution in [0.1, 0.15) is 5.56 Å². The number of fused-ring (bicyclic) bond motifs is 1. The monoisotopic (exact) mass is 362 g/mol. The van der Waals surface area contributed by atoms with Gasteiger partial charge in [0.25, 0.3) is 0 Å². The van der Waals surface area contributed by atoms with Crippen LogP contribution in [0.25, 0.3) is 17.0 Å². The highest BCUT2D eigenvalue weighted by atomic mass is 35.5. The number of hydrogen-bond acceptors (Lipinski definition) is 5. The molecule has 0 aliphatic carbocycles. The lowest BCUT2D eigenvalue weighted by Gasteiger charge is -2.04. The zero-order chi connectivity index (χ0) is 17.2. The van der Waals surface area contributed by atoms with Gasteiger partial charge in [-0.1, -0.05) is 23.7 Å². The van der Waals surface area contributed by atoms with E-state index in [0.29, 0.717) is 16.0 Å². The van der Waals surface area contributed by atoms with Gasteiger partial charge in [0.1, 0.15) is 11.3 Å². The Kier molecular flexibility index (Phi) is 4.42. The van der Waals surface area contributed by atoms with Gasteiger partial charge in [0.15, 0.2) is 0 Å². The van der Waals surface area contributed by atoms with Crippen LogP contribution in [0, 0.1) is 0 Å². The summed E-state index contributed by atoms with van der Waals surface area (Å²) in [6, 6.07) is 14.0. The molecule has 1 heterocycles. The van der Waals surface area contributed by atoms with Crippen molar-refractivity contribution in [3.05, 3.63) is 81.0 Å². The molecule has 0 amide bonds. The minimum absolute atomic E-state index is 0.0533. The topological polar surface area (TPSA) is 73.6 Å². The van der Waals surface area contributed by atoms with Crippen molar-refractivity contribution >= 4 is 38.8 Å². The van der Waals surface area contributed by atoms with E-state index in [9.17, 15) is 13.2 Å². The fourth-order valence-corrected chi connectivity index (χ4v) is 2.87. The number of benzene rings is 2. The van der Waals surface area contributed by atoms with Gasteiger partial charge >= 0.3 is 15.7 Å². The first-order chi connectivity index (χ1) is 11.4. The van der Waals surface area contributed by atoms with Crippen LogP contribution in [0.5, 0.6) is 5.75 Å². The van der Waals surface area contributed by atoms with E-state index in [2.05, 4.69) is 0 Å². The molecule has 0 N–H and O–H groups in total. The molecule has 3 rings (SSSR count). The van der Waals surface area contributed by atoms with Crippen molar-refractivity contribution in [2.45, 2.75) is 0 Å². The summed E-state index contributed by atoms with van der Waals surface area (Å²) in [5, 5.41) is 2.17. The third-order valence-electron chi connectivity index (χ3n) is 3.10. The summed E-state index contributed by atoms with van der Waals surface area (Å²) in [6.07, 6.45) is 1.40. The Hall–Kier alpha value is -2.57. The van der Waals surface area contributed by atoms with Gasteiger partial charge in [-0.25, -0.2) is 4.79 Å². The highest BCUT2D eigenvalue weighted by Gasteiger charge is 2.09. The molecule has 0 aliphatic heterocycles. The molecule has 24 heavy (non-hydrogen) atoms. The van der Waals surface area contributed by atoms with Gasteiger partial charge in [0.2, 0.25) is 0 Å². The van der Waals surface area contributed by atoms with Crippen molar-refractivity contribution in [2.24, 2.45) is 0 Å². The summed E-state index contributed by atoms with van der Waals surface area (Å²) in [7, 11) is -3.96. The Morgan fingerprint density at radius 3 is 2.46 bits per heavy atom. The van der Waals surface area contributed by atoms with E-state index in [1.807, 2.05) is 0 Å². The first kappa shape index (κ1) is 16.3. The molecule has 122 valence electrons. The maximum Gasteiger partial charge on any atom is 0.336 e. The fraction of sp³-hybridized carbons (Fsp3) is 0. The second kappa shape index (κ2) is 6.51. The van der Waals surface area contributed by atoms with Crippen molar-refractivity contribution in [2.75, 3.05) is 0 Å². The van der Waals surface area contributed by atoms with Gasteiger partial charge in [0, 0.05) is 22.5 Å². The minimum atomic E-state index is -3.96. The first-order valence-electron chi connectivity index (χ1n) is 6.83. The standard InChI is InChI=1S/C17H11ClO5S/c18-14-5-1-12(2-6-14)9-10-24(20,21)23-15-7-3-13-4-8-17(19)22-16(13)11-15/h1-11H/b10-9+. The predicted molar refractivity (Wildman–Crippen MR) is 92.5 cm³/mol. The average Bonchev–Trinajstić information content (AvgIpc) is 2.53. The lowest BCUT2D eigenvalue weighted by Crippen LogP contribution is -2.05. The van der Waals surface area contributed by atoms with Crippen LogP contribution in [0.15, 0.2) is 69.2 Å². The summed E-state index contributed by atoms with van der Waals surface area (Å²) in [4.78, 5) is 11.2. The van der Waals surface area contributed by atoms with Crippen molar-refractivity contribution in [3.8, 4) is 5.75 Å². The van der Waals surface area contributed by atoms with Gasteiger partial charge in [-0.05, 0) is 42.0 Å². The van der Waals surface area contributed by atoms with Gasteiger partial charge < -0.3 is 8.60 Å². The predicted octanol–water partition coefficient (Wildman–Crippen LogP) is 3.83. The third kappa shape index (κ3) is 4.04. The van der Waals surface area contributed by atoms with Crippen LogP contribution in [0.4, 0.5) is 0 Å². The number of rotatable bonds is 4. The smallest absolute Gasteiger partial charge is 0.336 e. The molecule has 0 fully saturated rings. The molecule has 0 atom stereocenters. The Bertz CT molecular complexity index is 1070. The quantitative estimate of drug-likeness (QED) is 0.521. The lowest BCUT2D eigenvalue weighted by atomic mass is 10.2. The molecular formula is C17H11ClO5S. The fourth-order valence-electron chi connectivity index (χ4n) is 1.99. The zero-order valence-electron chi connectivity index (χ0n) is 12.2. The first-order valence-corrected chi connectivity index (χ1v) is 8.68. The van der Waals surface area contributed by atoms with Gasteiger partial charge in [-0.2, -0.15) is 8.42 Å². The van der Waals surface area contributed by atoms with Gasteiger partial charge in [0.05, 0.1) is 5.41 Å². The molecule has 3 aromatic rings.